The van der Waals surface area contributed by atoms with E-state index in [0.29, 0.717) is 62.0 Å². The molecule has 0 N–H and O–H groups in total. The molecule has 0 aromatic heterocycles. The third-order valence-electron chi connectivity index (χ3n) is 5.06. The second-order valence-corrected chi connectivity index (χ2v) is 7.68. The van der Waals surface area contributed by atoms with E-state index in [1.807, 2.05) is 59.2 Å². The van der Waals surface area contributed by atoms with Gasteiger partial charge in [0, 0.05) is 38.2 Å². The van der Waals surface area contributed by atoms with Crippen molar-refractivity contribution in [3.05, 3.63) is 64.7 Å². The minimum absolute atomic E-state index is 0.0347. The van der Waals surface area contributed by atoms with Crippen LogP contribution in [-0.4, -0.2) is 54.4 Å². The standard InChI is InChI=1S/C23H27ClN2O3/c1-18-9-11-19(12-10-18)23(28)26-14-5-13-25(15-16-26)22(27)8-4-17-29-21-7-3-2-6-20(21)24/h2-3,6-7,9-12H,4-5,8,13-17H2,1H3. The lowest BCUT2D eigenvalue weighted by molar-refractivity contribution is -0.131. The Kier molecular flexibility index (Phi) is 7.53. The summed E-state index contributed by atoms with van der Waals surface area (Å²) in [6, 6.07) is 15.0. The second-order valence-electron chi connectivity index (χ2n) is 7.28. The number of hydrogen-bond acceptors (Lipinski definition) is 3. The highest BCUT2D eigenvalue weighted by molar-refractivity contribution is 6.32. The molecule has 2 amide bonds. The van der Waals surface area contributed by atoms with Gasteiger partial charge in [0.25, 0.3) is 5.91 Å². The fraction of sp³-hybridized carbons (Fsp3) is 0.391. The lowest BCUT2D eigenvalue weighted by Crippen LogP contribution is -2.37. The van der Waals surface area contributed by atoms with Crippen molar-refractivity contribution in [2.45, 2.75) is 26.2 Å². The van der Waals surface area contributed by atoms with Gasteiger partial charge in [-0.2, -0.15) is 0 Å². The van der Waals surface area contributed by atoms with Crippen LogP contribution in [0.3, 0.4) is 0 Å². The van der Waals surface area contributed by atoms with Crippen molar-refractivity contribution in [1.82, 2.24) is 9.80 Å². The summed E-state index contributed by atoms with van der Waals surface area (Å²) in [7, 11) is 0. The molecule has 29 heavy (non-hydrogen) atoms. The summed E-state index contributed by atoms with van der Waals surface area (Å²) >= 11 is 6.06. The van der Waals surface area contributed by atoms with E-state index in [4.69, 9.17) is 16.3 Å². The first-order chi connectivity index (χ1) is 14.0. The highest BCUT2D eigenvalue weighted by atomic mass is 35.5. The van der Waals surface area contributed by atoms with Crippen molar-refractivity contribution < 1.29 is 14.3 Å². The minimum atomic E-state index is 0.0347. The fourth-order valence-electron chi connectivity index (χ4n) is 3.37. The molecule has 2 aromatic rings. The molecule has 3 rings (SSSR count). The molecule has 0 radical (unpaired) electrons. The van der Waals surface area contributed by atoms with Crippen molar-refractivity contribution in [2.24, 2.45) is 0 Å². The van der Waals surface area contributed by atoms with Crippen molar-refractivity contribution in [3.63, 3.8) is 0 Å². The number of para-hydroxylation sites is 1. The summed E-state index contributed by atoms with van der Waals surface area (Å²) < 4.78 is 5.65. The van der Waals surface area contributed by atoms with E-state index in [1.54, 1.807) is 6.07 Å². The van der Waals surface area contributed by atoms with Gasteiger partial charge < -0.3 is 14.5 Å². The SMILES string of the molecule is Cc1ccc(C(=O)N2CCCN(C(=O)CCCOc3ccccc3Cl)CC2)cc1. The Morgan fingerprint density at radius 3 is 2.41 bits per heavy atom. The van der Waals surface area contributed by atoms with Gasteiger partial charge in [0.2, 0.25) is 5.91 Å². The maximum absolute atomic E-state index is 12.7. The van der Waals surface area contributed by atoms with Gasteiger partial charge in [0.1, 0.15) is 5.75 Å². The topological polar surface area (TPSA) is 49.9 Å². The molecule has 1 saturated heterocycles. The van der Waals surface area contributed by atoms with Crippen LogP contribution in [0.4, 0.5) is 0 Å². The van der Waals surface area contributed by atoms with Gasteiger partial charge in [0.15, 0.2) is 0 Å². The van der Waals surface area contributed by atoms with Crippen LogP contribution in [0.25, 0.3) is 0 Å². The van der Waals surface area contributed by atoms with Crippen molar-refractivity contribution >= 4 is 23.4 Å². The molecule has 1 heterocycles. The van der Waals surface area contributed by atoms with Crippen LogP contribution >= 0.6 is 11.6 Å². The van der Waals surface area contributed by atoms with Crippen molar-refractivity contribution in [3.8, 4) is 5.75 Å². The van der Waals surface area contributed by atoms with Gasteiger partial charge in [0.05, 0.1) is 11.6 Å². The number of carbonyl (C=O) groups is 2. The number of halogens is 1. The lowest BCUT2D eigenvalue weighted by Gasteiger charge is -2.22. The van der Waals surface area contributed by atoms with Crippen LogP contribution in [0.1, 0.15) is 35.2 Å². The Hall–Kier alpha value is -2.53. The zero-order valence-electron chi connectivity index (χ0n) is 16.8. The number of rotatable bonds is 6. The maximum Gasteiger partial charge on any atom is 0.253 e. The number of hydrogen-bond donors (Lipinski definition) is 0. The first-order valence-corrected chi connectivity index (χ1v) is 10.4. The molecule has 2 aromatic carbocycles. The van der Waals surface area contributed by atoms with Crippen LogP contribution in [0.5, 0.6) is 5.75 Å². The van der Waals surface area contributed by atoms with Crippen LogP contribution in [0.15, 0.2) is 48.5 Å². The third kappa shape index (κ3) is 5.97. The Morgan fingerprint density at radius 2 is 1.66 bits per heavy atom. The Bertz CT molecular complexity index is 838. The van der Waals surface area contributed by atoms with E-state index in [-0.39, 0.29) is 11.8 Å². The molecule has 1 aliphatic heterocycles. The number of amides is 2. The summed E-state index contributed by atoms with van der Waals surface area (Å²) in [5, 5.41) is 0.574. The molecule has 6 heteroatoms. The van der Waals surface area contributed by atoms with E-state index in [0.717, 1.165) is 12.0 Å². The van der Waals surface area contributed by atoms with Gasteiger partial charge in [-0.25, -0.2) is 0 Å². The number of carbonyl (C=O) groups excluding carboxylic acids is 2. The number of aryl methyl sites for hydroxylation is 1. The molecule has 0 atom stereocenters. The van der Waals surface area contributed by atoms with E-state index in [2.05, 4.69) is 0 Å². The molecule has 1 fully saturated rings. The number of nitrogens with zero attached hydrogens (tertiary/aromatic N) is 2. The molecule has 0 unspecified atom stereocenters. The average molecular weight is 415 g/mol. The van der Waals surface area contributed by atoms with E-state index < -0.39 is 0 Å². The van der Waals surface area contributed by atoms with E-state index in [9.17, 15) is 9.59 Å². The minimum Gasteiger partial charge on any atom is -0.492 e. The highest BCUT2D eigenvalue weighted by Crippen LogP contribution is 2.23. The molecule has 0 aliphatic carbocycles. The van der Waals surface area contributed by atoms with Gasteiger partial charge in [-0.05, 0) is 44.0 Å². The largest absolute Gasteiger partial charge is 0.492 e. The third-order valence-corrected chi connectivity index (χ3v) is 5.38. The molecular weight excluding hydrogens is 388 g/mol. The predicted octanol–water partition coefficient (Wildman–Crippen LogP) is 4.18. The van der Waals surface area contributed by atoms with Gasteiger partial charge in [-0.15, -0.1) is 0 Å². The average Bonchev–Trinajstić information content (AvgIpc) is 2.99. The van der Waals surface area contributed by atoms with Crippen molar-refractivity contribution in [1.29, 1.82) is 0 Å². The molecule has 5 nitrogen and oxygen atoms in total. The molecule has 154 valence electrons. The molecular formula is C23H27ClN2O3. The first kappa shape index (κ1) is 21.2. The van der Waals surface area contributed by atoms with Crippen LogP contribution in [0, 0.1) is 6.92 Å². The Morgan fingerprint density at radius 1 is 0.966 bits per heavy atom. The van der Waals surface area contributed by atoms with E-state index in [1.165, 1.54) is 0 Å². The second kappa shape index (κ2) is 10.3. The van der Waals surface area contributed by atoms with Gasteiger partial charge >= 0.3 is 0 Å². The maximum atomic E-state index is 12.7. The van der Waals surface area contributed by atoms with Crippen LogP contribution < -0.4 is 4.74 Å². The summed E-state index contributed by atoms with van der Waals surface area (Å²) in [6.45, 7) is 4.94. The summed E-state index contributed by atoms with van der Waals surface area (Å²) in [6.07, 6.45) is 1.85. The quantitative estimate of drug-likeness (QED) is 0.666. The summed E-state index contributed by atoms with van der Waals surface area (Å²) in [5.74, 6) is 0.784. The van der Waals surface area contributed by atoms with E-state index >= 15 is 0 Å². The molecule has 0 saturated carbocycles. The predicted molar refractivity (Wildman–Crippen MR) is 114 cm³/mol. The molecule has 0 spiro atoms. The first-order valence-electron chi connectivity index (χ1n) is 10.1. The number of benzene rings is 2. The normalized spacial score (nSPS) is 14.4. The molecule has 0 bridgehead atoms. The zero-order valence-corrected chi connectivity index (χ0v) is 17.5. The van der Waals surface area contributed by atoms with Crippen LogP contribution in [-0.2, 0) is 4.79 Å². The summed E-state index contributed by atoms with van der Waals surface area (Å²) in [5.41, 5.74) is 1.83. The fourth-order valence-corrected chi connectivity index (χ4v) is 3.56. The highest BCUT2D eigenvalue weighted by Gasteiger charge is 2.22. The molecule has 1 aliphatic rings. The smallest absolute Gasteiger partial charge is 0.253 e. The Balaban J connectivity index is 1.43. The lowest BCUT2D eigenvalue weighted by atomic mass is 10.1. The zero-order chi connectivity index (χ0) is 20.6. The van der Waals surface area contributed by atoms with Gasteiger partial charge in [-0.3, -0.25) is 9.59 Å². The monoisotopic (exact) mass is 414 g/mol. The summed E-state index contributed by atoms with van der Waals surface area (Å²) in [4.78, 5) is 29.0. The Labute approximate surface area is 177 Å². The number of ether oxygens (including phenoxy) is 1. The van der Waals surface area contributed by atoms with Crippen LogP contribution in [0.2, 0.25) is 5.02 Å². The van der Waals surface area contributed by atoms with Crippen molar-refractivity contribution in [2.75, 3.05) is 32.8 Å². The van der Waals surface area contributed by atoms with Gasteiger partial charge in [-0.1, -0.05) is 41.4 Å².